The molecule has 0 unspecified atom stereocenters. The van der Waals surface area contributed by atoms with Crippen LogP contribution in [-0.2, 0) is 14.3 Å². The predicted molar refractivity (Wildman–Crippen MR) is 51.2 cm³/mol. The molecule has 0 fully saturated rings. The highest BCUT2D eigenvalue weighted by molar-refractivity contribution is 5.81. The summed E-state index contributed by atoms with van der Waals surface area (Å²) in [6.45, 7) is 2.52. The molecule has 7 heteroatoms. The molecule has 92 valence electrons. The van der Waals surface area contributed by atoms with Crippen molar-refractivity contribution in [2.45, 2.75) is 24.4 Å². The first-order chi connectivity index (χ1) is 7.43. The van der Waals surface area contributed by atoms with Crippen molar-refractivity contribution in [3.8, 4) is 0 Å². The van der Waals surface area contributed by atoms with E-state index in [9.17, 15) is 19.8 Å². The van der Waals surface area contributed by atoms with Gasteiger partial charge in [-0.15, -0.1) is 0 Å². The summed E-state index contributed by atoms with van der Waals surface area (Å²) in [4.78, 5) is 20.7. The first kappa shape index (κ1) is 14.7. The van der Waals surface area contributed by atoms with Crippen LogP contribution in [0.2, 0.25) is 0 Å². The van der Waals surface area contributed by atoms with E-state index in [0.717, 1.165) is 6.08 Å². The molecule has 7 nitrogen and oxygen atoms in total. The lowest BCUT2D eigenvalue weighted by Crippen LogP contribution is -2.46. The highest BCUT2D eigenvalue weighted by Crippen LogP contribution is 2.04. The first-order valence-electron chi connectivity index (χ1n) is 4.40. The number of aliphatic hydroxyl groups is 4. The van der Waals surface area contributed by atoms with E-state index < -0.39 is 37.0 Å². The zero-order valence-electron chi connectivity index (χ0n) is 8.39. The molecule has 0 saturated carbocycles. The minimum atomic E-state index is -1.85. The zero-order valence-corrected chi connectivity index (χ0v) is 8.39. The molecule has 4 N–H and O–H groups in total. The minimum Gasteiger partial charge on any atom is -0.460 e. The number of aliphatic hydroxyl groups excluding tert-OH is 4. The zero-order chi connectivity index (χ0) is 12.7. The lowest BCUT2D eigenvalue weighted by molar-refractivity contribution is -0.151. The highest BCUT2D eigenvalue weighted by atomic mass is 16.5. The van der Waals surface area contributed by atoms with Gasteiger partial charge in [-0.1, -0.05) is 6.58 Å². The fourth-order valence-corrected chi connectivity index (χ4v) is 0.835. The van der Waals surface area contributed by atoms with Crippen LogP contribution in [0.3, 0.4) is 0 Å². The maximum absolute atomic E-state index is 10.6. The van der Waals surface area contributed by atoms with Crippen molar-refractivity contribution in [3.05, 3.63) is 12.7 Å². The Hall–Kier alpha value is -1.28. The molecular weight excluding hydrogens is 220 g/mol. The number of ether oxygens (including phenoxy) is 1. The third-order valence-electron chi connectivity index (χ3n) is 1.80. The molecule has 0 heterocycles. The van der Waals surface area contributed by atoms with E-state index in [1.807, 2.05) is 0 Å². The summed E-state index contributed by atoms with van der Waals surface area (Å²) in [7, 11) is 0. The van der Waals surface area contributed by atoms with E-state index in [1.165, 1.54) is 0 Å². The van der Waals surface area contributed by atoms with Gasteiger partial charge < -0.3 is 30.0 Å². The lowest BCUT2D eigenvalue weighted by Gasteiger charge is -2.23. The highest BCUT2D eigenvalue weighted by Gasteiger charge is 2.30. The van der Waals surface area contributed by atoms with Crippen molar-refractivity contribution in [2.24, 2.45) is 0 Å². The van der Waals surface area contributed by atoms with Crippen molar-refractivity contribution >= 4 is 12.3 Å². The first-order valence-corrected chi connectivity index (χ1v) is 4.40. The minimum absolute atomic E-state index is 0.0103. The van der Waals surface area contributed by atoms with Gasteiger partial charge in [0.25, 0.3) is 0 Å². The number of hydrogen-bond donors (Lipinski definition) is 4. The molecule has 4 atom stereocenters. The van der Waals surface area contributed by atoms with Crippen LogP contribution in [0.5, 0.6) is 0 Å². The summed E-state index contributed by atoms with van der Waals surface area (Å²) in [5, 5.41) is 36.4. The van der Waals surface area contributed by atoms with Gasteiger partial charge in [0, 0.05) is 6.08 Å². The molecular formula is C9H14O7. The average Bonchev–Trinajstić information content (AvgIpc) is 2.32. The van der Waals surface area contributed by atoms with Gasteiger partial charge in [-0.25, -0.2) is 4.79 Å². The van der Waals surface area contributed by atoms with E-state index in [1.54, 1.807) is 0 Å². The maximum Gasteiger partial charge on any atom is 0.330 e. The Morgan fingerprint density at radius 1 is 1.25 bits per heavy atom. The molecule has 0 amide bonds. The molecule has 0 aromatic carbocycles. The molecule has 0 aliphatic rings. The van der Waals surface area contributed by atoms with E-state index in [-0.39, 0.29) is 6.29 Å². The molecule has 0 aromatic rings. The molecule has 0 rings (SSSR count). The topological polar surface area (TPSA) is 124 Å². The molecule has 0 aliphatic carbocycles. The third kappa shape index (κ3) is 4.49. The van der Waals surface area contributed by atoms with Crippen LogP contribution in [0.4, 0.5) is 0 Å². The van der Waals surface area contributed by atoms with Gasteiger partial charge in [0.1, 0.15) is 31.0 Å². The normalized spacial score (nSPS) is 18.0. The van der Waals surface area contributed by atoms with Crippen molar-refractivity contribution in [3.63, 3.8) is 0 Å². The standard InChI is InChI=1S/C9H14O7/c1-2-7(13)16-4-6(12)9(15)8(14)5(11)3-10/h2-3,5-6,8-9,11-12,14-15H,1,4H2/t5-,6-,8+,9+/m1/s1. The number of carbonyl (C=O) groups is 2. The summed E-state index contributed by atoms with van der Waals surface area (Å²) < 4.78 is 4.39. The Morgan fingerprint density at radius 3 is 2.25 bits per heavy atom. The smallest absolute Gasteiger partial charge is 0.330 e. The number of hydrogen-bond acceptors (Lipinski definition) is 7. The maximum atomic E-state index is 10.6. The Balaban J connectivity index is 4.16. The molecule has 0 aromatic heterocycles. The fourth-order valence-electron chi connectivity index (χ4n) is 0.835. The van der Waals surface area contributed by atoms with E-state index in [4.69, 9.17) is 10.2 Å². The van der Waals surface area contributed by atoms with Gasteiger partial charge in [-0.2, -0.15) is 0 Å². The summed E-state index contributed by atoms with van der Waals surface area (Å²) in [5.74, 6) is -0.809. The van der Waals surface area contributed by atoms with E-state index in [2.05, 4.69) is 11.3 Å². The van der Waals surface area contributed by atoms with Crippen LogP contribution in [0.15, 0.2) is 12.7 Å². The van der Waals surface area contributed by atoms with Crippen LogP contribution in [0.25, 0.3) is 0 Å². The summed E-state index contributed by atoms with van der Waals surface area (Å²) in [5.41, 5.74) is 0. The summed E-state index contributed by atoms with van der Waals surface area (Å²) in [6, 6.07) is 0. The Labute approximate surface area is 91.6 Å². The van der Waals surface area contributed by atoms with Gasteiger partial charge in [-0.05, 0) is 0 Å². The van der Waals surface area contributed by atoms with Gasteiger partial charge in [0.05, 0.1) is 0 Å². The largest absolute Gasteiger partial charge is 0.460 e. The van der Waals surface area contributed by atoms with Crippen LogP contribution in [-0.4, -0.2) is 63.7 Å². The van der Waals surface area contributed by atoms with Crippen molar-refractivity contribution in [1.82, 2.24) is 0 Å². The van der Waals surface area contributed by atoms with Gasteiger partial charge in [-0.3, -0.25) is 0 Å². The second-order valence-electron chi connectivity index (χ2n) is 3.01. The van der Waals surface area contributed by atoms with Crippen LogP contribution in [0, 0.1) is 0 Å². The number of aldehydes is 1. The SMILES string of the molecule is C=CC(=O)OC[C@@H](O)[C@H](O)[C@@H](O)[C@H](O)C=O. The predicted octanol–water partition coefficient (Wildman–Crippen LogP) is -2.64. The monoisotopic (exact) mass is 234 g/mol. The van der Waals surface area contributed by atoms with E-state index in [0.29, 0.717) is 0 Å². The second-order valence-corrected chi connectivity index (χ2v) is 3.01. The van der Waals surface area contributed by atoms with Gasteiger partial charge in [0.15, 0.2) is 6.29 Å². The number of rotatable bonds is 7. The average molecular weight is 234 g/mol. The second kappa shape index (κ2) is 7.07. The van der Waals surface area contributed by atoms with Crippen LogP contribution >= 0.6 is 0 Å². The quantitative estimate of drug-likeness (QED) is 0.215. The molecule has 0 aliphatic heterocycles. The number of esters is 1. The fraction of sp³-hybridized carbons (Fsp3) is 0.556. The Bertz CT molecular complexity index is 252. The third-order valence-corrected chi connectivity index (χ3v) is 1.80. The molecule has 0 saturated heterocycles. The Kier molecular flexibility index (Phi) is 6.50. The van der Waals surface area contributed by atoms with Crippen molar-refractivity contribution in [2.75, 3.05) is 6.61 Å². The van der Waals surface area contributed by atoms with E-state index >= 15 is 0 Å². The van der Waals surface area contributed by atoms with Crippen LogP contribution < -0.4 is 0 Å². The molecule has 0 radical (unpaired) electrons. The molecule has 16 heavy (non-hydrogen) atoms. The summed E-state index contributed by atoms with van der Waals surface area (Å²) >= 11 is 0. The van der Waals surface area contributed by atoms with Crippen molar-refractivity contribution < 1.29 is 34.8 Å². The number of carbonyl (C=O) groups excluding carboxylic acids is 2. The van der Waals surface area contributed by atoms with Gasteiger partial charge >= 0.3 is 5.97 Å². The van der Waals surface area contributed by atoms with Crippen molar-refractivity contribution in [1.29, 1.82) is 0 Å². The molecule has 0 spiro atoms. The Morgan fingerprint density at radius 2 is 1.81 bits per heavy atom. The molecule has 0 bridgehead atoms. The van der Waals surface area contributed by atoms with Gasteiger partial charge in [0.2, 0.25) is 0 Å². The summed E-state index contributed by atoms with van der Waals surface area (Å²) in [6.07, 6.45) is -6.23. The van der Waals surface area contributed by atoms with Crippen LogP contribution in [0.1, 0.15) is 0 Å². The lowest BCUT2D eigenvalue weighted by atomic mass is 10.0.